The topological polar surface area (TPSA) is 66.3 Å². The lowest BCUT2D eigenvalue weighted by atomic mass is 9.94. The first-order valence-corrected chi connectivity index (χ1v) is 5.38. The maximum atomic E-state index is 10.5. The highest BCUT2D eigenvalue weighted by molar-refractivity contribution is 5.67. The molecule has 16 heavy (non-hydrogen) atoms. The summed E-state index contributed by atoms with van der Waals surface area (Å²) in [5.74, 6) is -0.423. The molecule has 0 saturated carbocycles. The smallest absolute Gasteiger partial charge is 0.303 e. The number of rotatable bonds is 4. The molecule has 1 aliphatic rings. The molecule has 0 spiro atoms. The van der Waals surface area contributed by atoms with Gasteiger partial charge in [0.15, 0.2) is 0 Å². The zero-order chi connectivity index (χ0) is 11.5. The van der Waals surface area contributed by atoms with Crippen LogP contribution in [0.5, 0.6) is 0 Å². The van der Waals surface area contributed by atoms with Crippen molar-refractivity contribution in [3.8, 4) is 0 Å². The minimum Gasteiger partial charge on any atom is -0.481 e. The molecule has 1 saturated heterocycles. The molecule has 5 nitrogen and oxygen atoms in total. The van der Waals surface area contributed by atoms with Crippen molar-refractivity contribution in [2.75, 3.05) is 13.1 Å². The number of likely N-dealkylation sites (tertiary alicyclic amines) is 1. The Morgan fingerprint density at radius 2 is 2.38 bits per heavy atom. The first-order chi connectivity index (χ1) is 7.66. The summed E-state index contributed by atoms with van der Waals surface area (Å²) in [5, 5.41) is 8.65. The zero-order valence-electron chi connectivity index (χ0n) is 9.21. The number of carboxylic acid groups (broad SMARTS) is 1. The highest BCUT2D eigenvalue weighted by Crippen LogP contribution is 2.28. The predicted octanol–water partition coefficient (Wildman–Crippen LogP) is 0.944. The number of aliphatic carboxylic acids is 1. The van der Waals surface area contributed by atoms with E-state index in [1.807, 2.05) is 0 Å². The summed E-state index contributed by atoms with van der Waals surface area (Å²) in [6, 6.07) is 0.221. The van der Waals surface area contributed by atoms with E-state index in [0.717, 1.165) is 18.8 Å². The normalized spacial score (nSPS) is 19.1. The number of carbonyl (C=O) groups is 1. The SMILES string of the molecule is CC(c1cnccn1)N1CC(CC(=O)O)C1. The van der Waals surface area contributed by atoms with Crippen molar-refractivity contribution in [2.24, 2.45) is 5.92 Å². The predicted molar refractivity (Wildman–Crippen MR) is 57.8 cm³/mol. The van der Waals surface area contributed by atoms with Crippen LogP contribution in [0.15, 0.2) is 18.6 Å². The maximum absolute atomic E-state index is 10.5. The summed E-state index contributed by atoms with van der Waals surface area (Å²) in [6.45, 7) is 3.75. The summed E-state index contributed by atoms with van der Waals surface area (Å²) in [7, 11) is 0. The fourth-order valence-corrected chi connectivity index (χ4v) is 2.02. The first kappa shape index (κ1) is 11.0. The zero-order valence-corrected chi connectivity index (χ0v) is 9.21. The largest absolute Gasteiger partial charge is 0.481 e. The van der Waals surface area contributed by atoms with Crippen LogP contribution >= 0.6 is 0 Å². The lowest BCUT2D eigenvalue weighted by molar-refractivity contribution is -0.139. The van der Waals surface area contributed by atoms with Gasteiger partial charge in [-0.3, -0.25) is 19.7 Å². The Balaban J connectivity index is 1.86. The molecule has 2 heterocycles. The van der Waals surface area contributed by atoms with Gasteiger partial charge >= 0.3 is 5.97 Å². The van der Waals surface area contributed by atoms with Crippen LogP contribution in [0.3, 0.4) is 0 Å². The summed E-state index contributed by atoms with van der Waals surface area (Å²) in [5.41, 5.74) is 0.941. The van der Waals surface area contributed by atoms with Crippen molar-refractivity contribution < 1.29 is 9.90 Å². The van der Waals surface area contributed by atoms with E-state index in [1.54, 1.807) is 18.6 Å². The van der Waals surface area contributed by atoms with Crippen molar-refractivity contribution in [3.05, 3.63) is 24.3 Å². The van der Waals surface area contributed by atoms with Crippen LogP contribution in [0.25, 0.3) is 0 Å². The van der Waals surface area contributed by atoms with Gasteiger partial charge in [0.05, 0.1) is 18.2 Å². The molecule has 2 rings (SSSR count). The molecule has 1 aliphatic heterocycles. The fourth-order valence-electron chi connectivity index (χ4n) is 2.02. The van der Waals surface area contributed by atoms with Crippen LogP contribution < -0.4 is 0 Å². The van der Waals surface area contributed by atoms with Crippen molar-refractivity contribution in [2.45, 2.75) is 19.4 Å². The van der Waals surface area contributed by atoms with E-state index in [4.69, 9.17) is 5.11 Å². The van der Waals surface area contributed by atoms with E-state index in [0.29, 0.717) is 0 Å². The minimum atomic E-state index is -0.711. The molecule has 1 aromatic heterocycles. The number of nitrogens with zero attached hydrogens (tertiary/aromatic N) is 3. The van der Waals surface area contributed by atoms with E-state index in [2.05, 4.69) is 21.8 Å². The van der Waals surface area contributed by atoms with Crippen LogP contribution in [0, 0.1) is 5.92 Å². The van der Waals surface area contributed by atoms with Gasteiger partial charge in [0.1, 0.15) is 0 Å². The van der Waals surface area contributed by atoms with Gasteiger partial charge in [-0.25, -0.2) is 0 Å². The molecular weight excluding hydrogens is 206 g/mol. The monoisotopic (exact) mass is 221 g/mol. The Morgan fingerprint density at radius 1 is 1.62 bits per heavy atom. The Bertz CT molecular complexity index is 363. The van der Waals surface area contributed by atoms with Gasteiger partial charge in [-0.15, -0.1) is 0 Å². The molecule has 1 aromatic rings. The van der Waals surface area contributed by atoms with Crippen LogP contribution in [0.4, 0.5) is 0 Å². The first-order valence-electron chi connectivity index (χ1n) is 5.38. The van der Waals surface area contributed by atoms with E-state index >= 15 is 0 Å². The Kier molecular flexibility index (Phi) is 3.14. The third-order valence-electron chi connectivity index (χ3n) is 3.01. The summed E-state index contributed by atoms with van der Waals surface area (Å²) in [6.07, 6.45) is 5.36. The molecule has 1 atom stereocenters. The highest BCUT2D eigenvalue weighted by atomic mass is 16.4. The molecular formula is C11H15N3O2. The average molecular weight is 221 g/mol. The van der Waals surface area contributed by atoms with Crippen molar-refractivity contribution in [1.82, 2.24) is 14.9 Å². The standard InChI is InChI=1S/C11H15N3O2/c1-8(10-5-12-2-3-13-10)14-6-9(7-14)4-11(15)16/h2-3,5,8-9H,4,6-7H2,1H3,(H,15,16). The number of hydrogen-bond donors (Lipinski definition) is 1. The van der Waals surface area contributed by atoms with Crippen molar-refractivity contribution in [1.29, 1.82) is 0 Å². The quantitative estimate of drug-likeness (QED) is 0.819. The Morgan fingerprint density at radius 3 is 2.94 bits per heavy atom. The van der Waals surface area contributed by atoms with E-state index in [-0.39, 0.29) is 18.4 Å². The second-order valence-electron chi connectivity index (χ2n) is 4.22. The molecule has 0 aromatic carbocycles. The summed E-state index contributed by atoms with van der Waals surface area (Å²) >= 11 is 0. The van der Waals surface area contributed by atoms with Crippen LogP contribution in [-0.2, 0) is 4.79 Å². The number of hydrogen-bond acceptors (Lipinski definition) is 4. The van der Waals surface area contributed by atoms with Crippen LogP contribution in [-0.4, -0.2) is 39.0 Å². The molecule has 0 amide bonds. The molecule has 86 valence electrons. The number of aromatic nitrogens is 2. The van der Waals surface area contributed by atoms with E-state index < -0.39 is 5.97 Å². The van der Waals surface area contributed by atoms with Crippen LogP contribution in [0.2, 0.25) is 0 Å². The second kappa shape index (κ2) is 4.57. The fraction of sp³-hybridized carbons (Fsp3) is 0.545. The lowest BCUT2D eigenvalue weighted by Crippen LogP contribution is -2.48. The van der Waals surface area contributed by atoms with Gasteiger partial charge in [0.2, 0.25) is 0 Å². The van der Waals surface area contributed by atoms with E-state index in [9.17, 15) is 4.79 Å². The average Bonchev–Trinajstić information content (AvgIpc) is 2.23. The highest BCUT2D eigenvalue weighted by Gasteiger charge is 2.32. The summed E-state index contributed by atoms with van der Waals surface area (Å²) < 4.78 is 0. The Labute approximate surface area is 94.1 Å². The molecule has 0 radical (unpaired) electrons. The third kappa shape index (κ3) is 2.36. The minimum absolute atomic E-state index is 0.221. The lowest BCUT2D eigenvalue weighted by Gasteiger charge is -2.42. The van der Waals surface area contributed by atoms with Crippen LogP contribution in [0.1, 0.15) is 25.1 Å². The van der Waals surface area contributed by atoms with Gasteiger partial charge in [-0.1, -0.05) is 0 Å². The van der Waals surface area contributed by atoms with E-state index in [1.165, 1.54) is 0 Å². The second-order valence-corrected chi connectivity index (χ2v) is 4.22. The molecule has 1 fully saturated rings. The van der Waals surface area contributed by atoms with Gasteiger partial charge in [-0.2, -0.15) is 0 Å². The molecule has 0 aliphatic carbocycles. The molecule has 1 unspecified atom stereocenters. The van der Waals surface area contributed by atoms with Crippen molar-refractivity contribution >= 4 is 5.97 Å². The molecule has 0 bridgehead atoms. The Hall–Kier alpha value is -1.49. The van der Waals surface area contributed by atoms with Crippen molar-refractivity contribution in [3.63, 3.8) is 0 Å². The number of carboxylic acids is 1. The maximum Gasteiger partial charge on any atom is 0.303 e. The summed E-state index contributed by atoms with van der Waals surface area (Å²) in [4.78, 5) is 21.0. The van der Waals surface area contributed by atoms with Gasteiger partial charge in [-0.05, 0) is 12.8 Å². The molecule has 1 N–H and O–H groups in total. The third-order valence-corrected chi connectivity index (χ3v) is 3.01. The van der Waals surface area contributed by atoms with Gasteiger partial charge in [0, 0.05) is 31.7 Å². The molecule has 5 heteroatoms. The van der Waals surface area contributed by atoms with Gasteiger partial charge in [0.25, 0.3) is 0 Å². The van der Waals surface area contributed by atoms with Gasteiger partial charge < -0.3 is 5.11 Å².